The van der Waals surface area contributed by atoms with E-state index in [0.29, 0.717) is 18.3 Å². The van der Waals surface area contributed by atoms with Gasteiger partial charge in [-0.1, -0.05) is 24.9 Å². The molecule has 3 N–H and O–H groups in total. The van der Waals surface area contributed by atoms with E-state index in [-0.39, 0.29) is 16.6 Å². The largest absolute Gasteiger partial charge is 0.380 e. The predicted molar refractivity (Wildman–Crippen MR) is 73.0 cm³/mol. The van der Waals surface area contributed by atoms with Crippen molar-refractivity contribution < 1.29 is 0 Å². The minimum absolute atomic E-state index is 0.223. The highest BCUT2D eigenvalue weighted by molar-refractivity contribution is 6.32. The zero-order valence-electron chi connectivity index (χ0n) is 10.5. The van der Waals surface area contributed by atoms with Crippen molar-refractivity contribution in [3.05, 3.63) is 21.6 Å². The Morgan fingerprint density at radius 2 is 2.33 bits per heavy atom. The highest BCUT2D eigenvalue weighted by Crippen LogP contribution is 2.24. The third-order valence-corrected chi connectivity index (χ3v) is 3.61. The molecule has 1 aliphatic carbocycles. The predicted octanol–water partition coefficient (Wildman–Crippen LogP) is 1.60. The molecule has 100 valence electrons. The Hall–Kier alpha value is -1.07. The number of rotatable bonds is 5. The van der Waals surface area contributed by atoms with Gasteiger partial charge < -0.3 is 11.1 Å². The molecule has 1 aromatic rings. The first-order valence-corrected chi connectivity index (χ1v) is 6.77. The summed E-state index contributed by atoms with van der Waals surface area (Å²) in [5.74, 6) is 0. The number of nitrogens with zero attached hydrogens (tertiary/aromatic N) is 2. The standard InChI is InChI=1S/C12H19ClN4O/c1-2-3-4-17-12(18)11(13)10(7-15-17)16-9-5-8(14)6-9/h7-9,16H,2-6,14H2,1H3. The van der Waals surface area contributed by atoms with E-state index in [1.54, 1.807) is 6.20 Å². The van der Waals surface area contributed by atoms with Crippen molar-refractivity contribution in [3.63, 3.8) is 0 Å². The lowest BCUT2D eigenvalue weighted by molar-refractivity contribution is 0.373. The highest BCUT2D eigenvalue weighted by Gasteiger charge is 2.26. The van der Waals surface area contributed by atoms with Crippen LogP contribution in [0.3, 0.4) is 0 Å². The van der Waals surface area contributed by atoms with Gasteiger partial charge in [0.1, 0.15) is 5.02 Å². The Morgan fingerprint density at radius 3 is 2.94 bits per heavy atom. The molecule has 0 spiro atoms. The number of hydrogen-bond acceptors (Lipinski definition) is 4. The number of halogens is 1. The Kier molecular flexibility index (Phi) is 4.24. The second kappa shape index (κ2) is 5.71. The highest BCUT2D eigenvalue weighted by atomic mass is 35.5. The van der Waals surface area contributed by atoms with Crippen LogP contribution in [0.2, 0.25) is 5.02 Å². The van der Waals surface area contributed by atoms with Crippen molar-refractivity contribution in [1.82, 2.24) is 9.78 Å². The van der Waals surface area contributed by atoms with Crippen LogP contribution < -0.4 is 16.6 Å². The van der Waals surface area contributed by atoms with Crippen LogP contribution in [0, 0.1) is 0 Å². The SMILES string of the molecule is CCCCn1ncc(NC2CC(N)C2)c(Cl)c1=O. The topological polar surface area (TPSA) is 72.9 Å². The maximum atomic E-state index is 12.0. The number of nitrogens with two attached hydrogens (primary N) is 1. The first-order chi connectivity index (χ1) is 8.61. The molecule has 0 bridgehead atoms. The fourth-order valence-electron chi connectivity index (χ4n) is 2.03. The zero-order chi connectivity index (χ0) is 13.1. The average Bonchev–Trinajstić information content (AvgIpc) is 2.32. The van der Waals surface area contributed by atoms with Crippen LogP contribution in [-0.4, -0.2) is 21.9 Å². The third-order valence-electron chi connectivity index (χ3n) is 3.24. The molecular formula is C12H19ClN4O. The van der Waals surface area contributed by atoms with E-state index in [9.17, 15) is 4.79 Å². The number of nitrogens with one attached hydrogen (secondary N) is 1. The van der Waals surface area contributed by atoms with Crippen molar-refractivity contribution in [1.29, 1.82) is 0 Å². The van der Waals surface area contributed by atoms with Crippen molar-refractivity contribution in [2.45, 2.75) is 51.2 Å². The van der Waals surface area contributed by atoms with Crippen LogP contribution in [-0.2, 0) is 6.54 Å². The van der Waals surface area contributed by atoms with Gasteiger partial charge in [0.2, 0.25) is 0 Å². The molecule has 1 heterocycles. The molecule has 0 radical (unpaired) electrons. The Balaban J connectivity index is 2.08. The fourth-order valence-corrected chi connectivity index (χ4v) is 2.23. The summed E-state index contributed by atoms with van der Waals surface area (Å²) in [5, 5.41) is 7.57. The molecule has 0 aromatic carbocycles. The molecule has 0 atom stereocenters. The van der Waals surface area contributed by atoms with Gasteiger partial charge in [0, 0.05) is 18.6 Å². The molecule has 18 heavy (non-hydrogen) atoms. The first-order valence-electron chi connectivity index (χ1n) is 6.39. The minimum Gasteiger partial charge on any atom is -0.380 e. The molecule has 1 aromatic heterocycles. The van der Waals surface area contributed by atoms with E-state index >= 15 is 0 Å². The van der Waals surface area contributed by atoms with Crippen molar-refractivity contribution in [2.24, 2.45) is 5.73 Å². The van der Waals surface area contributed by atoms with Gasteiger partial charge >= 0.3 is 0 Å². The van der Waals surface area contributed by atoms with Gasteiger partial charge in [0.15, 0.2) is 0 Å². The summed E-state index contributed by atoms with van der Waals surface area (Å²) in [6, 6.07) is 0.573. The van der Waals surface area contributed by atoms with Crippen LogP contribution in [0.4, 0.5) is 5.69 Å². The summed E-state index contributed by atoms with van der Waals surface area (Å²) in [4.78, 5) is 12.0. The number of aryl methyl sites for hydroxylation is 1. The molecule has 1 fully saturated rings. The summed E-state index contributed by atoms with van der Waals surface area (Å²) in [6.45, 7) is 2.69. The maximum absolute atomic E-state index is 12.0. The molecule has 6 heteroatoms. The van der Waals surface area contributed by atoms with Gasteiger partial charge in [-0.05, 0) is 19.3 Å². The average molecular weight is 271 g/mol. The molecule has 2 rings (SSSR count). The van der Waals surface area contributed by atoms with Crippen molar-refractivity contribution in [3.8, 4) is 0 Å². The molecule has 0 aliphatic heterocycles. The summed E-state index contributed by atoms with van der Waals surface area (Å²) in [7, 11) is 0. The summed E-state index contributed by atoms with van der Waals surface area (Å²) in [6.07, 6.45) is 5.40. The lowest BCUT2D eigenvalue weighted by atomic mass is 9.87. The van der Waals surface area contributed by atoms with E-state index in [0.717, 1.165) is 25.7 Å². The third kappa shape index (κ3) is 2.84. The fraction of sp³-hybridized carbons (Fsp3) is 0.667. The number of unbranched alkanes of at least 4 members (excludes halogenated alkanes) is 1. The summed E-state index contributed by atoms with van der Waals surface area (Å²) in [5.41, 5.74) is 6.11. The number of hydrogen-bond donors (Lipinski definition) is 2. The Labute approximate surface area is 111 Å². The van der Waals surface area contributed by atoms with Crippen molar-refractivity contribution in [2.75, 3.05) is 5.32 Å². The molecular weight excluding hydrogens is 252 g/mol. The smallest absolute Gasteiger partial charge is 0.287 e. The van der Waals surface area contributed by atoms with E-state index in [4.69, 9.17) is 17.3 Å². The molecule has 0 saturated heterocycles. The maximum Gasteiger partial charge on any atom is 0.287 e. The van der Waals surface area contributed by atoms with Gasteiger partial charge in [-0.15, -0.1) is 0 Å². The second-order valence-electron chi connectivity index (χ2n) is 4.83. The van der Waals surface area contributed by atoms with Crippen LogP contribution in [0.1, 0.15) is 32.6 Å². The van der Waals surface area contributed by atoms with Gasteiger partial charge in [-0.3, -0.25) is 4.79 Å². The Bertz CT molecular complexity index is 468. The number of aromatic nitrogens is 2. The van der Waals surface area contributed by atoms with E-state index in [1.165, 1.54) is 4.68 Å². The number of anilines is 1. The van der Waals surface area contributed by atoms with Gasteiger partial charge in [-0.25, -0.2) is 4.68 Å². The molecule has 0 unspecified atom stereocenters. The zero-order valence-corrected chi connectivity index (χ0v) is 11.3. The molecule has 0 amide bonds. The van der Waals surface area contributed by atoms with Crippen LogP contribution in [0.15, 0.2) is 11.0 Å². The van der Waals surface area contributed by atoms with Crippen LogP contribution >= 0.6 is 11.6 Å². The normalized spacial score (nSPS) is 22.6. The first kappa shape index (κ1) is 13.4. The molecule has 5 nitrogen and oxygen atoms in total. The van der Waals surface area contributed by atoms with E-state index < -0.39 is 0 Å². The quantitative estimate of drug-likeness (QED) is 0.852. The van der Waals surface area contributed by atoms with Crippen LogP contribution in [0.25, 0.3) is 0 Å². The minimum atomic E-state index is -0.223. The molecule has 1 saturated carbocycles. The van der Waals surface area contributed by atoms with E-state index in [2.05, 4.69) is 17.3 Å². The van der Waals surface area contributed by atoms with E-state index in [1.807, 2.05) is 0 Å². The monoisotopic (exact) mass is 270 g/mol. The van der Waals surface area contributed by atoms with Gasteiger partial charge in [-0.2, -0.15) is 5.10 Å². The lowest BCUT2D eigenvalue weighted by Crippen LogP contribution is -2.44. The summed E-state index contributed by atoms with van der Waals surface area (Å²) < 4.78 is 1.42. The lowest BCUT2D eigenvalue weighted by Gasteiger charge is -2.33. The van der Waals surface area contributed by atoms with Gasteiger partial charge in [0.25, 0.3) is 5.56 Å². The Morgan fingerprint density at radius 1 is 1.61 bits per heavy atom. The van der Waals surface area contributed by atoms with Gasteiger partial charge in [0.05, 0.1) is 11.9 Å². The summed E-state index contributed by atoms with van der Waals surface area (Å²) >= 11 is 6.07. The second-order valence-corrected chi connectivity index (χ2v) is 5.20. The van der Waals surface area contributed by atoms with Crippen LogP contribution in [0.5, 0.6) is 0 Å². The van der Waals surface area contributed by atoms with Crippen molar-refractivity contribution >= 4 is 17.3 Å². The molecule has 1 aliphatic rings.